The number of imidazole rings is 1. The van der Waals surface area contributed by atoms with E-state index >= 15 is 0 Å². The Balaban J connectivity index is 1.43. The lowest BCUT2D eigenvalue weighted by atomic mass is 9.84. The van der Waals surface area contributed by atoms with Gasteiger partial charge in [-0.2, -0.15) is 0 Å². The lowest BCUT2D eigenvalue weighted by Gasteiger charge is -2.27. The summed E-state index contributed by atoms with van der Waals surface area (Å²) in [6.45, 7) is 4.16. The topological polar surface area (TPSA) is 83.7 Å². The predicted octanol–water partition coefficient (Wildman–Crippen LogP) is 1.38. The van der Waals surface area contributed by atoms with Crippen molar-refractivity contribution >= 4 is 17.0 Å². The van der Waals surface area contributed by atoms with Crippen molar-refractivity contribution in [2.75, 3.05) is 40.0 Å². The van der Waals surface area contributed by atoms with Crippen molar-refractivity contribution in [2.24, 2.45) is 10.4 Å². The van der Waals surface area contributed by atoms with Crippen molar-refractivity contribution in [1.29, 1.82) is 0 Å². The predicted molar refractivity (Wildman–Crippen MR) is 103 cm³/mol. The van der Waals surface area contributed by atoms with Crippen molar-refractivity contribution in [3.05, 3.63) is 30.6 Å². The van der Waals surface area contributed by atoms with Crippen LogP contribution in [0, 0.1) is 5.41 Å². The molecular weight excluding hydrogens is 330 g/mol. The van der Waals surface area contributed by atoms with Crippen LogP contribution in [-0.2, 0) is 11.3 Å². The van der Waals surface area contributed by atoms with Crippen molar-refractivity contribution < 1.29 is 9.84 Å². The largest absolute Gasteiger partial charge is 0.396 e. The molecule has 7 nitrogen and oxygen atoms in total. The molecular formula is C19H29N5O2. The van der Waals surface area contributed by atoms with Gasteiger partial charge in [-0.25, -0.2) is 4.98 Å². The second kappa shape index (κ2) is 9.00. The molecule has 0 radical (unpaired) electrons. The molecule has 1 aliphatic rings. The molecule has 1 fully saturated rings. The van der Waals surface area contributed by atoms with Gasteiger partial charge >= 0.3 is 0 Å². The van der Waals surface area contributed by atoms with Crippen LogP contribution in [0.2, 0.25) is 0 Å². The van der Waals surface area contributed by atoms with Gasteiger partial charge in [0, 0.05) is 45.3 Å². The Morgan fingerprint density at radius 1 is 1.38 bits per heavy atom. The molecule has 0 spiro atoms. The first-order chi connectivity index (χ1) is 12.8. The first-order valence-corrected chi connectivity index (χ1v) is 9.29. The van der Waals surface area contributed by atoms with E-state index in [1.807, 2.05) is 24.5 Å². The smallest absolute Gasteiger partial charge is 0.190 e. The molecule has 0 bridgehead atoms. The quantitative estimate of drug-likeness (QED) is 0.377. The molecule has 1 saturated heterocycles. The van der Waals surface area contributed by atoms with Gasteiger partial charge < -0.3 is 25.0 Å². The SMILES string of the molecule is CN=C(NCCCn1cnc2ccccc21)NCC1(CCO)CCOC1. The number of aryl methyl sites for hydroxylation is 1. The normalized spacial score (nSPS) is 20.6. The van der Waals surface area contributed by atoms with Crippen molar-refractivity contribution in [2.45, 2.75) is 25.8 Å². The van der Waals surface area contributed by atoms with Gasteiger partial charge in [0.25, 0.3) is 0 Å². The molecule has 2 heterocycles. The third kappa shape index (κ3) is 4.53. The summed E-state index contributed by atoms with van der Waals surface area (Å²) in [5.74, 6) is 0.796. The zero-order chi connectivity index (χ0) is 18.2. The Morgan fingerprint density at radius 3 is 3.04 bits per heavy atom. The van der Waals surface area contributed by atoms with Crippen molar-refractivity contribution in [3.63, 3.8) is 0 Å². The molecule has 142 valence electrons. The Morgan fingerprint density at radius 2 is 2.27 bits per heavy atom. The molecule has 1 aromatic carbocycles. The summed E-state index contributed by atoms with van der Waals surface area (Å²) in [6, 6.07) is 8.18. The number of ether oxygens (including phenoxy) is 1. The van der Waals surface area contributed by atoms with Gasteiger partial charge in [0.1, 0.15) is 0 Å². The fourth-order valence-corrected chi connectivity index (χ4v) is 3.45. The van der Waals surface area contributed by atoms with Crippen LogP contribution in [0.3, 0.4) is 0 Å². The molecule has 1 aromatic heterocycles. The number of hydrogen-bond acceptors (Lipinski definition) is 4. The summed E-state index contributed by atoms with van der Waals surface area (Å²) in [5.41, 5.74) is 2.22. The number of fused-ring (bicyclic) bond motifs is 1. The summed E-state index contributed by atoms with van der Waals surface area (Å²) < 4.78 is 7.71. The molecule has 1 atom stereocenters. The van der Waals surface area contributed by atoms with Crippen LogP contribution in [0.5, 0.6) is 0 Å². The van der Waals surface area contributed by atoms with E-state index in [0.717, 1.165) is 57.0 Å². The maximum atomic E-state index is 9.32. The van der Waals surface area contributed by atoms with Crippen LogP contribution >= 0.6 is 0 Å². The maximum Gasteiger partial charge on any atom is 0.190 e. The highest BCUT2D eigenvalue weighted by molar-refractivity contribution is 5.79. The second-order valence-electron chi connectivity index (χ2n) is 6.91. The Labute approximate surface area is 154 Å². The minimum atomic E-state index is 0.0160. The number of nitrogens with zero attached hydrogens (tertiary/aromatic N) is 3. The van der Waals surface area contributed by atoms with E-state index in [4.69, 9.17) is 4.74 Å². The van der Waals surface area contributed by atoms with Crippen LogP contribution in [0.1, 0.15) is 19.3 Å². The maximum absolute atomic E-state index is 9.32. The van der Waals surface area contributed by atoms with Crippen LogP contribution in [0.25, 0.3) is 11.0 Å². The highest BCUT2D eigenvalue weighted by atomic mass is 16.5. The summed E-state index contributed by atoms with van der Waals surface area (Å²) in [4.78, 5) is 8.72. The van der Waals surface area contributed by atoms with Crippen molar-refractivity contribution in [1.82, 2.24) is 20.2 Å². The Kier molecular flexibility index (Phi) is 6.46. The fraction of sp³-hybridized carbons (Fsp3) is 0.579. The lowest BCUT2D eigenvalue weighted by molar-refractivity contribution is 0.127. The average molecular weight is 359 g/mol. The number of aliphatic hydroxyl groups is 1. The molecule has 1 aliphatic heterocycles. The van der Waals surface area contributed by atoms with Crippen LogP contribution in [0.15, 0.2) is 35.6 Å². The third-order valence-corrected chi connectivity index (χ3v) is 5.08. The Bertz CT molecular complexity index is 722. The minimum Gasteiger partial charge on any atom is -0.396 e. The van der Waals surface area contributed by atoms with Gasteiger partial charge in [-0.1, -0.05) is 12.1 Å². The van der Waals surface area contributed by atoms with Gasteiger partial charge in [-0.05, 0) is 31.4 Å². The third-order valence-electron chi connectivity index (χ3n) is 5.08. The molecule has 1 unspecified atom stereocenters. The summed E-state index contributed by atoms with van der Waals surface area (Å²) in [5, 5.41) is 16.1. The number of guanidine groups is 1. The standard InChI is InChI=1S/C19H29N5O2/c1-20-18(22-13-19(7-11-25)8-12-26-14-19)21-9-4-10-24-15-23-16-5-2-3-6-17(16)24/h2-3,5-6,15,25H,4,7-14H2,1H3,(H2,20,21,22). The van der Waals surface area contributed by atoms with E-state index < -0.39 is 0 Å². The monoisotopic (exact) mass is 359 g/mol. The van der Waals surface area contributed by atoms with Gasteiger partial charge in [0.2, 0.25) is 0 Å². The van der Waals surface area contributed by atoms with E-state index in [2.05, 4.69) is 31.2 Å². The first-order valence-electron chi connectivity index (χ1n) is 9.29. The molecule has 7 heteroatoms. The molecule has 26 heavy (non-hydrogen) atoms. The fourth-order valence-electron chi connectivity index (χ4n) is 3.45. The van der Waals surface area contributed by atoms with E-state index in [1.165, 1.54) is 5.52 Å². The summed E-state index contributed by atoms with van der Waals surface area (Å²) >= 11 is 0. The van der Waals surface area contributed by atoms with E-state index in [1.54, 1.807) is 7.05 Å². The first kappa shape index (κ1) is 18.7. The number of rotatable bonds is 8. The number of nitrogens with one attached hydrogen (secondary N) is 2. The van der Waals surface area contributed by atoms with E-state index in [9.17, 15) is 5.11 Å². The number of aliphatic imine (C=N–C) groups is 1. The zero-order valence-corrected chi connectivity index (χ0v) is 15.4. The summed E-state index contributed by atoms with van der Waals surface area (Å²) in [7, 11) is 1.78. The molecule has 0 amide bonds. The molecule has 0 aliphatic carbocycles. The van der Waals surface area contributed by atoms with E-state index in [-0.39, 0.29) is 12.0 Å². The second-order valence-corrected chi connectivity index (χ2v) is 6.91. The highest BCUT2D eigenvalue weighted by Gasteiger charge is 2.34. The zero-order valence-electron chi connectivity index (χ0n) is 15.4. The minimum absolute atomic E-state index is 0.0160. The van der Waals surface area contributed by atoms with Crippen LogP contribution < -0.4 is 10.6 Å². The highest BCUT2D eigenvalue weighted by Crippen LogP contribution is 2.31. The summed E-state index contributed by atoms with van der Waals surface area (Å²) in [6.07, 6.45) is 4.61. The van der Waals surface area contributed by atoms with Gasteiger partial charge in [0.15, 0.2) is 5.96 Å². The van der Waals surface area contributed by atoms with Crippen molar-refractivity contribution in [3.8, 4) is 0 Å². The van der Waals surface area contributed by atoms with Gasteiger partial charge in [-0.15, -0.1) is 0 Å². The van der Waals surface area contributed by atoms with Crippen LogP contribution in [0.4, 0.5) is 0 Å². The molecule has 0 saturated carbocycles. The number of aliphatic hydroxyl groups excluding tert-OH is 1. The molecule has 3 N–H and O–H groups in total. The molecule has 2 aromatic rings. The van der Waals surface area contributed by atoms with E-state index in [0.29, 0.717) is 6.61 Å². The van der Waals surface area contributed by atoms with Gasteiger partial charge in [-0.3, -0.25) is 4.99 Å². The van der Waals surface area contributed by atoms with Gasteiger partial charge in [0.05, 0.1) is 24.0 Å². The van der Waals surface area contributed by atoms with Crippen LogP contribution in [-0.4, -0.2) is 60.6 Å². The lowest BCUT2D eigenvalue weighted by Crippen LogP contribution is -2.44. The number of aromatic nitrogens is 2. The number of benzene rings is 1. The number of hydrogen-bond donors (Lipinski definition) is 3. The molecule has 3 rings (SSSR count). The number of para-hydroxylation sites is 2. The Hall–Kier alpha value is -2.12. The average Bonchev–Trinajstić information content (AvgIpc) is 3.29.